The van der Waals surface area contributed by atoms with E-state index in [2.05, 4.69) is 4.98 Å². The van der Waals surface area contributed by atoms with Crippen LogP contribution in [0.5, 0.6) is 11.5 Å². The maximum Gasteiger partial charge on any atom is 0.295 e. The standard InChI is InChI=1S/C26H24N2O5/c1-3-33-20-11-9-18(10-12-20)23-22(24(29)19-7-4-8-21(14-19)32-2)25(30)26(31)28(23)16-17-6-5-13-27-15-17/h4-15,23,29H,3,16H2,1-2H3/b24-22+. The van der Waals surface area contributed by atoms with Crippen molar-refractivity contribution in [3.05, 3.63) is 95.3 Å². The van der Waals surface area contributed by atoms with E-state index in [-0.39, 0.29) is 17.9 Å². The lowest BCUT2D eigenvalue weighted by Gasteiger charge is -2.25. The molecule has 1 unspecified atom stereocenters. The minimum absolute atomic E-state index is 0.0290. The number of Topliss-reactive ketones (excluding diaryl/α,β-unsaturated/α-hetero) is 1. The number of carbonyl (C=O) groups excluding carboxylic acids is 2. The molecule has 2 aromatic carbocycles. The Morgan fingerprint density at radius 2 is 1.85 bits per heavy atom. The molecule has 1 saturated heterocycles. The van der Waals surface area contributed by atoms with Gasteiger partial charge in [0.1, 0.15) is 17.3 Å². The van der Waals surface area contributed by atoms with E-state index >= 15 is 0 Å². The Morgan fingerprint density at radius 1 is 1.06 bits per heavy atom. The molecule has 0 saturated carbocycles. The van der Waals surface area contributed by atoms with Gasteiger partial charge in [-0.05, 0) is 48.4 Å². The van der Waals surface area contributed by atoms with Gasteiger partial charge in [-0.2, -0.15) is 0 Å². The van der Waals surface area contributed by atoms with Gasteiger partial charge in [0, 0.05) is 24.5 Å². The summed E-state index contributed by atoms with van der Waals surface area (Å²) in [5.41, 5.74) is 1.88. The summed E-state index contributed by atoms with van der Waals surface area (Å²) in [6.45, 7) is 2.59. The van der Waals surface area contributed by atoms with Crippen LogP contribution in [-0.2, 0) is 16.1 Å². The number of amides is 1. The Hall–Kier alpha value is -4.13. The molecular weight excluding hydrogens is 420 g/mol. The Labute approximate surface area is 191 Å². The number of nitrogens with zero attached hydrogens (tertiary/aromatic N) is 2. The summed E-state index contributed by atoms with van der Waals surface area (Å²) in [6, 6.07) is 16.8. The summed E-state index contributed by atoms with van der Waals surface area (Å²) in [5.74, 6) is -0.459. The molecule has 7 heteroatoms. The number of ketones is 1. The van der Waals surface area contributed by atoms with Crippen molar-refractivity contribution < 1.29 is 24.2 Å². The molecule has 0 spiro atoms. The molecule has 1 fully saturated rings. The van der Waals surface area contributed by atoms with Crippen LogP contribution in [-0.4, -0.2) is 40.4 Å². The number of aromatic nitrogens is 1. The van der Waals surface area contributed by atoms with Gasteiger partial charge in [-0.3, -0.25) is 14.6 Å². The normalized spacial score (nSPS) is 17.3. The molecule has 1 N–H and O–H groups in total. The van der Waals surface area contributed by atoms with E-state index in [4.69, 9.17) is 9.47 Å². The third-order valence-corrected chi connectivity index (χ3v) is 5.47. The average Bonchev–Trinajstić information content (AvgIpc) is 3.10. The van der Waals surface area contributed by atoms with E-state index in [1.165, 1.54) is 12.0 Å². The first kappa shape index (κ1) is 22.1. The van der Waals surface area contributed by atoms with E-state index in [0.29, 0.717) is 29.2 Å². The molecule has 33 heavy (non-hydrogen) atoms. The molecule has 1 atom stereocenters. The van der Waals surface area contributed by atoms with E-state index in [1.54, 1.807) is 67.0 Å². The Morgan fingerprint density at radius 3 is 2.52 bits per heavy atom. The number of carbonyl (C=O) groups is 2. The van der Waals surface area contributed by atoms with Crippen LogP contribution in [0.3, 0.4) is 0 Å². The molecule has 168 valence electrons. The van der Waals surface area contributed by atoms with E-state index < -0.39 is 17.7 Å². The number of aliphatic hydroxyl groups is 1. The lowest BCUT2D eigenvalue weighted by molar-refractivity contribution is -0.140. The van der Waals surface area contributed by atoms with Gasteiger partial charge in [-0.25, -0.2) is 0 Å². The maximum absolute atomic E-state index is 13.1. The second-order valence-electron chi connectivity index (χ2n) is 7.52. The minimum atomic E-state index is -0.771. The van der Waals surface area contributed by atoms with Gasteiger partial charge >= 0.3 is 0 Å². The van der Waals surface area contributed by atoms with Crippen LogP contribution >= 0.6 is 0 Å². The van der Waals surface area contributed by atoms with Crippen molar-refractivity contribution in [2.75, 3.05) is 13.7 Å². The predicted molar refractivity (Wildman–Crippen MR) is 123 cm³/mol. The monoisotopic (exact) mass is 444 g/mol. The van der Waals surface area contributed by atoms with Gasteiger partial charge in [0.05, 0.1) is 25.3 Å². The molecule has 0 radical (unpaired) electrons. The first-order valence-corrected chi connectivity index (χ1v) is 10.6. The van der Waals surface area contributed by atoms with Crippen LogP contribution in [0.4, 0.5) is 0 Å². The maximum atomic E-state index is 13.1. The summed E-state index contributed by atoms with van der Waals surface area (Å²) in [4.78, 5) is 31.8. The second kappa shape index (κ2) is 9.56. The molecule has 0 aliphatic carbocycles. The van der Waals surface area contributed by atoms with Crippen LogP contribution in [0.25, 0.3) is 5.76 Å². The zero-order valence-corrected chi connectivity index (χ0v) is 18.4. The lowest BCUT2D eigenvalue weighted by atomic mass is 9.95. The number of likely N-dealkylation sites (tertiary alicyclic amines) is 1. The van der Waals surface area contributed by atoms with Crippen molar-refractivity contribution in [2.24, 2.45) is 0 Å². The molecule has 0 bridgehead atoms. The fraction of sp³-hybridized carbons (Fsp3) is 0.192. The quantitative estimate of drug-likeness (QED) is 0.335. The van der Waals surface area contributed by atoms with Gasteiger partial charge in [-0.1, -0.05) is 30.3 Å². The van der Waals surface area contributed by atoms with Crippen molar-refractivity contribution in [2.45, 2.75) is 19.5 Å². The predicted octanol–water partition coefficient (Wildman–Crippen LogP) is 4.11. The highest BCUT2D eigenvalue weighted by Crippen LogP contribution is 2.41. The van der Waals surface area contributed by atoms with Crippen molar-refractivity contribution >= 4 is 17.4 Å². The summed E-state index contributed by atoms with van der Waals surface area (Å²) in [6.07, 6.45) is 3.29. The lowest BCUT2D eigenvalue weighted by Crippen LogP contribution is -2.29. The molecule has 2 heterocycles. The average molecular weight is 444 g/mol. The molecule has 1 aliphatic heterocycles. The van der Waals surface area contributed by atoms with E-state index in [9.17, 15) is 14.7 Å². The molecule has 3 aromatic rings. The molecule has 4 rings (SSSR count). The third-order valence-electron chi connectivity index (χ3n) is 5.47. The van der Waals surface area contributed by atoms with Crippen molar-refractivity contribution in [1.29, 1.82) is 0 Å². The van der Waals surface area contributed by atoms with E-state index in [0.717, 1.165) is 5.56 Å². The number of aliphatic hydroxyl groups excluding tert-OH is 1. The van der Waals surface area contributed by atoms with Crippen LogP contribution < -0.4 is 9.47 Å². The molecule has 1 aliphatic rings. The summed E-state index contributed by atoms with van der Waals surface area (Å²) in [7, 11) is 1.52. The summed E-state index contributed by atoms with van der Waals surface area (Å²) in [5, 5.41) is 11.2. The van der Waals surface area contributed by atoms with Crippen LogP contribution in [0.1, 0.15) is 29.7 Å². The number of rotatable bonds is 7. The summed E-state index contributed by atoms with van der Waals surface area (Å²) >= 11 is 0. The molecular formula is C26H24N2O5. The number of methoxy groups -OCH3 is 1. The van der Waals surface area contributed by atoms with Crippen molar-refractivity contribution in [3.63, 3.8) is 0 Å². The van der Waals surface area contributed by atoms with E-state index in [1.807, 2.05) is 13.0 Å². The first-order valence-electron chi connectivity index (χ1n) is 10.6. The molecule has 7 nitrogen and oxygen atoms in total. The highest BCUT2D eigenvalue weighted by molar-refractivity contribution is 6.46. The van der Waals surface area contributed by atoms with Crippen LogP contribution in [0.2, 0.25) is 0 Å². The van der Waals surface area contributed by atoms with Gasteiger partial charge < -0.3 is 19.5 Å². The third kappa shape index (κ3) is 4.43. The fourth-order valence-electron chi connectivity index (χ4n) is 3.92. The molecule has 1 amide bonds. The fourth-order valence-corrected chi connectivity index (χ4v) is 3.92. The highest BCUT2D eigenvalue weighted by atomic mass is 16.5. The smallest absolute Gasteiger partial charge is 0.295 e. The van der Waals surface area contributed by atoms with Gasteiger partial charge in [0.25, 0.3) is 11.7 Å². The van der Waals surface area contributed by atoms with Gasteiger partial charge in [-0.15, -0.1) is 0 Å². The molecule has 1 aromatic heterocycles. The topological polar surface area (TPSA) is 89.0 Å². The Kier molecular flexibility index (Phi) is 6.40. The number of benzene rings is 2. The van der Waals surface area contributed by atoms with Gasteiger partial charge in [0.2, 0.25) is 0 Å². The Bertz CT molecular complexity index is 1190. The zero-order valence-electron chi connectivity index (χ0n) is 18.4. The van der Waals surface area contributed by atoms with Gasteiger partial charge in [0.15, 0.2) is 0 Å². The highest BCUT2D eigenvalue weighted by Gasteiger charge is 2.46. The summed E-state index contributed by atoms with van der Waals surface area (Å²) < 4.78 is 10.8. The second-order valence-corrected chi connectivity index (χ2v) is 7.52. The van der Waals surface area contributed by atoms with Crippen molar-refractivity contribution in [3.8, 4) is 11.5 Å². The first-order chi connectivity index (χ1) is 16.0. The van der Waals surface area contributed by atoms with Crippen molar-refractivity contribution in [1.82, 2.24) is 9.88 Å². The van der Waals surface area contributed by atoms with Crippen LogP contribution in [0.15, 0.2) is 78.6 Å². The zero-order chi connectivity index (χ0) is 23.4. The minimum Gasteiger partial charge on any atom is -0.507 e. The number of pyridine rings is 1. The number of hydrogen-bond donors (Lipinski definition) is 1. The number of ether oxygens (including phenoxy) is 2. The number of hydrogen-bond acceptors (Lipinski definition) is 6. The Balaban J connectivity index is 1.84. The SMILES string of the molecule is CCOc1ccc(C2/C(=C(\O)c3cccc(OC)c3)C(=O)C(=O)N2Cc2cccnc2)cc1. The van der Waals surface area contributed by atoms with Crippen LogP contribution in [0, 0.1) is 0 Å². The largest absolute Gasteiger partial charge is 0.507 e.